The molecular weight excluding hydrogens is 589 g/mol. The van der Waals surface area contributed by atoms with Crippen LogP contribution in [0, 0.1) is 17.8 Å². The van der Waals surface area contributed by atoms with Gasteiger partial charge in [0.25, 0.3) is 5.91 Å². The molecule has 2 heterocycles. The number of likely N-dealkylation sites (tertiary alicyclic amines) is 1. The second-order valence-corrected chi connectivity index (χ2v) is 13.7. The average Bonchev–Trinajstić information content (AvgIpc) is 3.37. The highest BCUT2D eigenvalue weighted by atomic mass is 19.4. The third-order valence-electron chi connectivity index (χ3n) is 10.7. The highest BCUT2D eigenvalue weighted by Crippen LogP contribution is 2.64. The number of rotatable bonds is 6. The van der Waals surface area contributed by atoms with Crippen molar-refractivity contribution in [3.05, 3.63) is 101 Å². The van der Waals surface area contributed by atoms with E-state index in [2.05, 4.69) is 47.1 Å². The van der Waals surface area contributed by atoms with Crippen molar-refractivity contribution in [3.8, 4) is 17.6 Å². The van der Waals surface area contributed by atoms with Crippen molar-refractivity contribution in [2.24, 2.45) is 5.92 Å². The number of halogens is 3. The summed E-state index contributed by atoms with van der Waals surface area (Å²) in [5, 5.41) is 12.9. The monoisotopic (exact) mass is 628 g/mol. The van der Waals surface area contributed by atoms with Gasteiger partial charge in [-0.2, -0.15) is 13.2 Å². The first-order valence-electron chi connectivity index (χ1n) is 16.3. The van der Waals surface area contributed by atoms with Gasteiger partial charge < -0.3 is 14.7 Å². The largest absolute Gasteiger partial charge is 0.487 e. The van der Waals surface area contributed by atoms with Gasteiger partial charge in [-0.15, -0.1) is 0 Å². The molecular formula is C38H39F3N2O3. The number of amides is 1. The Morgan fingerprint density at radius 2 is 1.83 bits per heavy atom. The second kappa shape index (κ2) is 11.5. The lowest BCUT2D eigenvalue weighted by molar-refractivity contribution is -0.200. The molecule has 0 radical (unpaired) electrons. The summed E-state index contributed by atoms with van der Waals surface area (Å²) in [5.74, 6) is 6.10. The van der Waals surface area contributed by atoms with Crippen LogP contribution in [-0.2, 0) is 29.2 Å². The van der Waals surface area contributed by atoms with Gasteiger partial charge in [0.1, 0.15) is 11.9 Å². The maximum atomic E-state index is 13.9. The summed E-state index contributed by atoms with van der Waals surface area (Å²) in [6.45, 7) is 6.23. The summed E-state index contributed by atoms with van der Waals surface area (Å²) < 4.78 is 46.0. The minimum absolute atomic E-state index is 0.0634. The van der Waals surface area contributed by atoms with Crippen LogP contribution in [0.5, 0.6) is 5.75 Å². The molecule has 1 saturated heterocycles. The van der Waals surface area contributed by atoms with Gasteiger partial charge in [0.15, 0.2) is 0 Å². The summed E-state index contributed by atoms with van der Waals surface area (Å²) in [5.41, 5.74) is 1.52. The molecule has 2 fully saturated rings. The molecule has 3 aromatic rings. The zero-order valence-corrected chi connectivity index (χ0v) is 26.2. The summed E-state index contributed by atoms with van der Waals surface area (Å²) in [4.78, 5) is 18.1. The number of hydrogen-bond donors (Lipinski definition) is 1. The van der Waals surface area contributed by atoms with Gasteiger partial charge in [0.2, 0.25) is 0 Å². The zero-order chi connectivity index (χ0) is 32.3. The fourth-order valence-electron chi connectivity index (χ4n) is 8.78. The van der Waals surface area contributed by atoms with E-state index in [1.54, 1.807) is 4.90 Å². The number of carbonyl (C=O) groups excluding carboxylic acids is 1. The standard InChI is InChI=1S/C38H39F3N2O3/c1-25(2)24-43(33(44)16-13-27-11-14-29(15-12-27)38(39,40)41)30-17-19-37(45)32-23-28-9-6-10-31-34(28)36(37,35(30)46-31)20-22-42(32)21-18-26-7-4-3-5-8-26/h3-12,14-15,25,30,32,35,45H,17-24H2,1-2H3/t30-,32-,35+,36+,37-/m1/s1. The molecule has 2 aliphatic carbocycles. The van der Waals surface area contributed by atoms with Crippen LogP contribution in [0.3, 0.4) is 0 Å². The summed E-state index contributed by atoms with van der Waals surface area (Å²) in [6.07, 6.45) is -1.39. The first-order valence-corrected chi connectivity index (χ1v) is 16.3. The third kappa shape index (κ3) is 5.00. The molecule has 5 atom stereocenters. The minimum Gasteiger partial charge on any atom is -0.487 e. The van der Waals surface area contributed by atoms with E-state index >= 15 is 0 Å². The molecule has 0 unspecified atom stereocenters. The molecule has 4 aliphatic rings. The number of ether oxygens (including phenoxy) is 1. The SMILES string of the molecule is CC(C)CN(C(=O)C#Cc1ccc(C(F)(F)F)cc1)[C@@H]1CC[C@@]2(O)[C@H]3Cc4cccc5c4[C@@]2(CCN3CCc2ccccc2)[C@H]1O5. The van der Waals surface area contributed by atoms with E-state index in [0.29, 0.717) is 24.9 Å². The minimum atomic E-state index is -4.44. The van der Waals surface area contributed by atoms with Crippen LogP contribution in [0.2, 0.25) is 0 Å². The summed E-state index contributed by atoms with van der Waals surface area (Å²) in [6, 6.07) is 20.8. The predicted molar refractivity (Wildman–Crippen MR) is 169 cm³/mol. The molecule has 3 aromatic carbocycles. The molecule has 240 valence electrons. The smallest absolute Gasteiger partial charge is 0.416 e. The van der Waals surface area contributed by atoms with E-state index in [-0.39, 0.29) is 23.9 Å². The molecule has 2 aliphatic heterocycles. The van der Waals surface area contributed by atoms with Crippen LogP contribution >= 0.6 is 0 Å². The van der Waals surface area contributed by atoms with Crippen LogP contribution in [0.25, 0.3) is 0 Å². The van der Waals surface area contributed by atoms with Crippen molar-refractivity contribution >= 4 is 5.91 Å². The molecule has 2 bridgehead atoms. The lowest BCUT2D eigenvalue weighted by Crippen LogP contribution is -2.78. The molecule has 46 heavy (non-hydrogen) atoms. The molecule has 1 amide bonds. The Labute approximate surface area is 268 Å². The quantitative estimate of drug-likeness (QED) is 0.340. The lowest BCUT2D eigenvalue weighted by atomic mass is 9.48. The van der Waals surface area contributed by atoms with E-state index < -0.39 is 28.9 Å². The fraction of sp³-hybridized carbons (Fsp3) is 0.447. The van der Waals surface area contributed by atoms with Crippen LogP contribution < -0.4 is 4.74 Å². The number of piperidine rings is 1. The van der Waals surface area contributed by atoms with Gasteiger partial charge >= 0.3 is 6.18 Å². The van der Waals surface area contributed by atoms with E-state index in [1.165, 1.54) is 23.3 Å². The molecule has 7 rings (SSSR count). The Bertz CT molecular complexity index is 1680. The number of benzene rings is 3. The number of alkyl halides is 3. The fourth-order valence-corrected chi connectivity index (χ4v) is 8.78. The van der Waals surface area contributed by atoms with Crippen molar-refractivity contribution in [1.82, 2.24) is 9.80 Å². The van der Waals surface area contributed by atoms with Crippen LogP contribution in [0.1, 0.15) is 60.9 Å². The van der Waals surface area contributed by atoms with Crippen molar-refractivity contribution in [2.45, 2.75) is 81.3 Å². The number of nitrogens with zero attached hydrogens (tertiary/aromatic N) is 2. The topological polar surface area (TPSA) is 53.0 Å². The Kier molecular flexibility index (Phi) is 7.69. The highest BCUT2D eigenvalue weighted by molar-refractivity contribution is 5.94. The normalized spacial score (nSPS) is 27.8. The third-order valence-corrected chi connectivity index (χ3v) is 10.7. The van der Waals surface area contributed by atoms with Gasteiger partial charge in [-0.05, 0) is 86.0 Å². The van der Waals surface area contributed by atoms with E-state index in [1.807, 2.05) is 32.0 Å². The molecule has 1 saturated carbocycles. The van der Waals surface area contributed by atoms with Gasteiger partial charge in [-0.3, -0.25) is 9.69 Å². The molecule has 8 heteroatoms. The average molecular weight is 629 g/mol. The van der Waals surface area contributed by atoms with Gasteiger partial charge in [-0.1, -0.05) is 62.2 Å². The van der Waals surface area contributed by atoms with Crippen LogP contribution in [-0.4, -0.2) is 64.2 Å². The van der Waals surface area contributed by atoms with Crippen molar-refractivity contribution < 1.29 is 27.8 Å². The summed E-state index contributed by atoms with van der Waals surface area (Å²) >= 11 is 0. The van der Waals surface area contributed by atoms with E-state index in [0.717, 1.165) is 55.8 Å². The first-order chi connectivity index (χ1) is 22.0. The zero-order valence-electron chi connectivity index (χ0n) is 26.2. The van der Waals surface area contributed by atoms with Gasteiger partial charge in [0.05, 0.1) is 22.6 Å². The molecule has 1 spiro atoms. The Morgan fingerprint density at radius 3 is 2.54 bits per heavy atom. The van der Waals surface area contributed by atoms with E-state index in [9.17, 15) is 23.1 Å². The van der Waals surface area contributed by atoms with E-state index in [4.69, 9.17) is 4.74 Å². The Balaban J connectivity index is 1.20. The van der Waals surface area contributed by atoms with Crippen molar-refractivity contribution in [3.63, 3.8) is 0 Å². The first kappa shape index (κ1) is 30.8. The summed E-state index contributed by atoms with van der Waals surface area (Å²) in [7, 11) is 0. The molecule has 0 aromatic heterocycles. The predicted octanol–water partition coefficient (Wildman–Crippen LogP) is 6.01. The highest BCUT2D eigenvalue weighted by Gasteiger charge is 2.73. The second-order valence-electron chi connectivity index (χ2n) is 13.7. The van der Waals surface area contributed by atoms with Crippen LogP contribution in [0.4, 0.5) is 13.2 Å². The van der Waals surface area contributed by atoms with Gasteiger partial charge in [-0.25, -0.2) is 0 Å². The lowest BCUT2D eigenvalue weighted by Gasteiger charge is -2.64. The maximum Gasteiger partial charge on any atom is 0.416 e. The number of carbonyl (C=O) groups is 1. The molecule has 5 nitrogen and oxygen atoms in total. The maximum absolute atomic E-state index is 13.9. The van der Waals surface area contributed by atoms with Crippen molar-refractivity contribution in [2.75, 3.05) is 19.6 Å². The van der Waals surface area contributed by atoms with Gasteiger partial charge in [0, 0.05) is 36.2 Å². The number of hydrogen-bond acceptors (Lipinski definition) is 4. The Hall–Kier alpha value is -3.80. The molecule has 1 N–H and O–H groups in total. The Morgan fingerprint density at radius 1 is 1.07 bits per heavy atom. The van der Waals surface area contributed by atoms with Crippen LogP contribution in [0.15, 0.2) is 72.8 Å². The van der Waals surface area contributed by atoms with Crippen molar-refractivity contribution in [1.29, 1.82) is 0 Å². The number of aliphatic hydroxyl groups is 1.